The topological polar surface area (TPSA) is 25.2 Å². The van der Waals surface area contributed by atoms with Crippen LogP contribution in [0, 0.1) is 6.92 Å². The van der Waals surface area contributed by atoms with E-state index in [9.17, 15) is 0 Å². The molecule has 1 aliphatic heterocycles. The first kappa shape index (κ1) is 9.78. The third-order valence-electron chi connectivity index (χ3n) is 3.31. The lowest BCUT2D eigenvalue weighted by Crippen LogP contribution is -2.45. The van der Waals surface area contributed by atoms with Gasteiger partial charge in [-0.1, -0.05) is 6.92 Å². The van der Waals surface area contributed by atoms with Crippen molar-refractivity contribution in [2.24, 2.45) is 0 Å². The largest absolute Gasteiger partial charge is 0.464 e. The summed E-state index contributed by atoms with van der Waals surface area (Å²) in [5.41, 5.74) is 0.118. The van der Waals surface area contributed by atoms with E-state index >= 15 is 0 Å². The van der Waals surface area contributed by atoms with Crippen LogP contribution in [0.1, 0.15) is 44.1 Å². The average Bonchev–Trinajstić information content (AvgIpc) is 2.66. The highest BCUT2D eigenvalue weighted by Crippen LogP contribution is 2.34. The molecule has 14 heavy (non-hydrogen) atoms. The van der Waals surface area contributed by atoms with Gasteiger partial charge in [-0.25, -0.2) is 0 Å². The van der Waals surface area contributed by atoms with Crippen LogP contribution in [0.4, 0.5) is 0 Å². The van der Waals surface area contributed by atoms with Crippen molar-refractivity contribution in [3.05, 3.63) is 23.7 Å². The molecule has 0 bridgehead atoms. The Morgan fingerprint density at radius 1 is 1.43 bits per heavy atom. The summed E-state index contributed by atoms with van der Waals surface area (Å²) in [5, 5.41) is 3.62. The molecular weight excluding hydrogens is 174 g/mol. The number of hydrogen-bond acceptors (Lipinski definition) is 2. The van der Waals surface area contributed by atoms with Crippen LogP contribution in [0.5, 0.6) is 0 Å². The molecule has 1 unspecified atom stereocenters. The van der Waals surface area contributed by atoms with Crippen molar-refractivity contribution in [2.75, 3.05) is 6.54 Å². The fourth-order valence-corrected chi connectivity index (χ4v) is 2.35. The zero-order chi connectivity index (χ0) is 10.0. The molecule has 0 aromatic carbocycles. The highest BCUT2D eigenvalue weighted by atomic mass is 16.3. The van der Waals surface area contributed by atoms with Gasteiger partial charge in [-0.2, -0.15) is 0 Å². The minimum absolute atomic E-state index is 0.118. The average molecular weight is 193 g/mol. The Bertz CT molecular complexity index is 297. The Morgan fingerprint density at radius 2 is 2.29 bits per heavy atom. The van der Waals surface area contributed by atoms with Gasteiger partial charge in [0.1, 0.15) is 11.5 Å². The van der Waals surface area contributed by atoms with Crippen molar-refractivity contribution >= 4 is 0 Å². The van der Waals surface area contributed by atoms with Gasteiger partial charge in [0.25, 0.3) is 0 Å². The first-order valence-corrected chi connectivity index (χ1v) is 5.59. The van der Waals surface area contributed by atoms with Crippen LogP contribution in [-0.2, 0) is 5.54 Å². The van der Waals surface area contributed by atoms with E-state index in [1.807, 2.05) is 6.92 Å². The highest BCUT2D eigenvalue weighted by molar-refractivity contribution is 5.16. The maximum atomic E-state index is 5.75. The molecule has 1 aromatic heterocycles. The molecule has 2 rings (SSSR count). The van der Waals surface area contributed by atoms with Gasteiger partial charge in [-0.05, 0) is 51.3 Å². The minimum Gasteiger partial charge on any atom is -0.464 e. The second-order valence-electron chi connectivity index (χ2n) is 4.23. The van der Waals surface area contributed by atoms with Gasteiger partial charge in [0.05, 0.1) is 5.54 Å². The summed E-state index contributed by atoms with van der Waals surface area (Å²) in [5.74, 6) is 2.14. The zero-order valence-electron chi connectivity index (χ0n) is 9.10. The van der Waals surface area contributed by atoms with Gasteiger partial charge < -0.3 is 9.73 Å². The molecule has 0 spiro atoms. The van der Waals surface area contributed by atoms with Gasteiger partial charge in [0.15, 0.2) is 0 Å². The molecule has 0 aliphatic carbocycles. The summed E-state index contributed by atoms with van der Waals surface area (Å²) in [4.78, 5) is 0. The summed E-state index contributed by atoms with van der Waals surface area (Å²) in [6.07, 6.45) is 4.92. The molecule has 1 saturated heterocycles. The molecule has 2 heteroatoms. The summed E-state index contributed by atoms with van der Waals surface area (Å²) in [6.45, 7) is 5.36. The van der Waals surface area contributed by atoms with Gasteiger partial charge in [-0.15, -0.1) is 0 Å². The lowest BCUT2D eigenvalue weighted by Gasteiger charge is -2.35. The molecule has 2 nitrogen and oxygen atoms in total. The summed E-state index contributed by atoms with van der Waals surface area (Å²) < 4.78 is 5.75. The van der Waals surface area contributed by atoms with Crippen LogP contribution in [0.3, 0.4) is 0 Å². The van der Waals surface area contributed by atoms with E-state index in [1.165, 1.54) is 19.3 Å². The third kappa shape index (κ3) is 1.59. The van der Waals surface area contributed by atoms with Crippen molar-refractivity contribution < 1.29 is 4.42 Å². The van der Waals surface area contributed by atoms with Crippen LogP contribution >= 0.6 is 0 Å². The SMILES string of the molecule is CCC1(c2ccc(C)o2)CCCCN1. The normalized spacial score (nSPS) is 27.9. The Hall–Kier alpha value is -0.760. The van der Waals surface area contributed by atoms with Gasteiger partial charge in [-0.3, -0.25) is 0 Å². The van der Waals surface area contributed by atoms with E-state index < -0.39 is 0 Å². The standard InChI is InChI=1S/C12H19NO/c1-3-12(8-4-5-9-13-12)11-7-6-10(2)14-11/h6-7,13H,3-5,8-9H2,1-2H3. The molecular formula is C12H19NO. The lowest BCUT2D eigenvalue weighted by atomic mass is 9.84. The third-order valence-corrected chi connectivity index (χ3v) is 3.31. The molecule has 1 fully saturated rings. The maximum absolute atomic E-state index is 5.75. The zero-order valence-corrected chi connectivity index (χ0v) is 9.10. The Morgan fingerprint density at radius 3 is 2.79 bits per heavy atom. The second kappa shape index (κ2) is 3.77. The predicted octanol–water partition coefficient (Wildman–Crippen LogP) is 2.97. The summed E-state index contributed by atoms with van der Waals surface area (Å²) >= 11 is 0. The molecule has 1 aromatic rings. The summed E-state index contributed by atoms with van der Waals surface area (Å²) in [6, 6.07) is 4.18. The number of furan rings is 1. The predicted molar refractivity (Wildman–Crippen MR) is 57.3 cm³/mol. The molecule has 1 aliphatic rings. The van der Waals surface area contributed by atoms with E-state index in [-0.39, 0.29) is 5.54 Å². The van der Waals surface area contributed by atoms with Crippen molar-refractivity contribution in [3.63, 3.8) is 0 Å². The number of nitrogens with one attached hydrogen (secondary N) is 1. The minimum atomic E-state index is 0.118. The quantitative estimate of drug-likeness (QED) is 0.781. The van der Waals surface area contributed by atoms with Crippen molar-refractivity contribution in [2.45, 2.75) is 45.1 Å². The molecule has 1 N–H and O–H groups in total. The van der Waals surface area contributed by atoms with Crippen molar-refractivity contribution in [1.82, 2.24) is 5.32 Å². The molecule has 2 heterocycles. The fourth-order valence-electron chi connectivity index (χ4n) is 2.35. The van der Waals surface area contributed by atoms with Crippen molar-refractivity contribution in [3.8, 4) is 0 Å². The molecule has 0 radical (unpaired) electrons. The van der Waals surface area contributed by atoms with Gasteiger partial charge in [0.2, 0.25) is 0 Å². The monoisotopic (exact) mass is 193 g/mol. The number of piperidine rings is 1. The summed E-state index contributed by atoms with van der Waals surface area (Å²) in [7, 11) is 0. The van der Waals surface area contributed by atoms with E-state index in [0.29, 0.717) is 0 Å². The molecule has 78 valence electrons. The number of aryl methyl sites for hydroxylation is 1. The van der Waals surface area contributed by atoms with Gasteiger partial charge >= 0.3 is 0 Å². The van der Waals surface area contributed by atoms with Crippen LogP contribution in [0.2, 0.25) is 0 Å². The Kier molecular flexibility index (Phi) is 2.64. The van der Waals surface area contributed by atoms with Crippen LogP contribution in [-0.4, -0.2) is 6.54 Å². The molecule has 1 atom stereocenters. The number of hydrogen-bond donors (Lipinski definition) is 1. The Labute approximate surface area is 85.7 Å². The first-order valence-electron chi connectivity index (χ1n) is 5.59. The highest BCUT2D eigenvalue weighted by Gasteiger charge is 2.34. The first-order chi connectivity index (χ1) is 6.77. The van der Waals surface area contributed by atoms with E-state index in [0.717, 1.165) is 24.5 Å². The molecule has 0 amide bonds. The van der Waals surface area contributed by atoms with Crippen LogP contribution < -0.4 is 5.32 Å². The van der Waals surface area contributed by atoms with E-state index in [1.54, 1.807) is 0 Å². The van der Waals surface area contributed by atoms with E-state index in [4.69, 9.17) is 4.42 Å². The van der Waals surface area contributed by atoms with Gasteiger partial charge in [0, 0.05) is 0 Å². The maximum Gasteiger partial charge on any atom is 0.124 e. The van der Waals surface area contributed by atoms with E-state index in [2.05, 4.69) is 24.4 Å². The number of rotatable bonds is 2. The van der Waals surface area contributed by atoms with Crippen molar-refractivity contribution in [1.29, 1.82) is 0 Å². The molecule has 0 saturated carbocycles. The lowest BCUT2D eigenvalue weighted by molar-refractivity contribution is 0.204. The Balaban J connectivity index is 2.26. The van der Waals surface area contributed by atoms with Crippen LogP contribution in [0.25, 0.3) is 0 Å². The second-order valence-corrected chi connectivity index (χ2v) is 4.23. The fraction of sp³-hybridized carbons (Fsp3) is 0.667. The van der Waals surface area contributed by atoms with Crippen LogP contribution in [0.15, 0.2) is 16.5 Å². The smallest absolute Gasteiger partial charge is 0.124 e.